The molecule has 0 atom stereocenters. The Kier molecular flexibility index (Phi) is 10.3. The number of likely N-dealkylation sites (tertiary alicyclic amines) is 1. The SMILES string of the molecule is CC(C)CN(CC(C)C)S(=O)(=O)c1ccc(C(=O)Nc2sc3c(c2C(=O)N2CCCCC2)CCN(C(C)C)C3)cc1. The Hall–Kier alpha value is -2.27. The van der Waals surface area contributed by atoms with Gasteiger partial charge in [0.1, 0.15) is 5.00 Å². The molecule has 0 unspecified atom stereocenters. The quantitative estimate of drug-likeness (QED) is 0.377. The fourth-order valence-corrected chi connectivity index (χ4v) is 8.65. The standard InChI is InChI=1S/C31H46N4O4S2/c1-21(2)18-35(19-22(3)4)41(38,39)25-12-10-24(11-13-25)29(36)32-30-28(31(37)33-15-8-7-9-16-33)26-14-17-34(23(5)6)20-27(26)40-30/h10-13,21-23H,7-9,14-20H2,1-6H3,(H,32,36). The molecule has 1 aromatic heterocycles. The van der Waals surface area contributed by atoms with Crippen molar-refractivity contribution in [3.63, 3.8) is 0 Å². The molecule has 0 aliphatic carbocycles. The second kappa shape index (κ2) is 13.4. The summed E-state index contributed by atoms with van der Waals surface area (Å²) >= 11 is 1.50. The average molecular weight is 603 g/mol. The third-order valence-electron chi connectivity index (χ3n) is 7.79. The van der Waals surface area contributed by atoms with E-state index < -0.39 is 10.0 Å². The second-order valence-electron chi connectivity index (χ2n) is 12.5. The number of thiophene rings is 1. The molecular weight excluding hydrogens is 556 g/mol. The predicted molar refractivity (Wildman–Crippen MR) is 166 cm³/mol. The number of hydrogen-bond acceptors (Lipinski definition) is 6. The number of amides is 2. The summed E-state index contributed by atoms with van der Waals surface area (Å²) in [6.45, 7) is 16.4. The Morgan fingerprint density at radius 2 is 1.54 bits per heavy atom. The van der Waals surface area contributed by atoms with Crippen molar-refractivity contribution in [2.24, 2.45) is 11.8 Å². The molecule has 10 heteroatoms. The number of carbonyl (C=O) groups is 2. The van der Waals surface area contributed by atoms with Crippen molar-refractivity contribution in [2.45, 2.75) is 84.7 Å². The maximum absolute atomic E-state index is 13.8. The molecule has 41 heavy (non-hydrogen) atoms. The molecule has 3 heterocycles. The van der Waals surface area contributed by atoms with Crippen LogP contribution in [0.15, 0.2) is 29.2 Å². The van der Waals surface area contributed by atoms with Gasteiger partial charge in [-0.3, -0.25) is 14.5 Å². The van der Waals surface area contributed by atoms with Crippen LogP contribution in [0.1, 0.15) is 92.0 Å². The van der Waals surface area contributed by atoms with Crippen molar-refractivity contribution >= 4 is 38.2 Å². The molecule has 0 saturated carbocycles. The summed E-state index contributed by atoms with van der Waals surface area (Å²) < 4.78 is 28.4. The predicted octanol–water partition coefficient (Wildman–Crippen LogP) is 5.70. The van der Waals surface area contributed by atoms with Crippen LogP contribution in [0, 0.1) is 11.8 Å². The van der Waals surface area contributed by atoms with Crippen LogP contribution < -0.4 is 5.32 Å². The van der Waals surface area contributed by atoms with Gasteiger partial charge in [0.15, 0.2) is 0 Å². The largest absolute Gasteiger partial charge is 0.339 e. The van der Waals surface area contributed by atoms with Gasteiger partial charge in [-0.15, -0.1) is 11.3 Å². The molecule has 0 bridgehead atoms. The molecule has 0 spiro atoms. The summed E-state index contributed by atoms with van der Waals surface area (Å²) in [6.07, 6.45) is 3.92. The first-order chi connectivity index (χ1) is 19.4. The van der Waals surface area contributed by atoms with E-state index in [-0.39, 0.29) is 28.5 Å². The van der Waals surface area contributed by atoms with E-state index in [1.54, 1.807) is 12.1 Å². The van der Waals surface area contributed by atoms with Crippen molar-refractivity contribution < 1.29 is 18.0 Å². The number of hydrogen-bond donors (Lipinski definition) is 1. The van der Waals surface area contributed by atoms with E-state index in [2.05, 4.69) is 24.1 Å². The topological polar surface area (TPSA) is 90.0 Å². The summed E-state index contributed by atoms with van der Waals surface area (Å²) in [5, 5.41) is 3.63. The maximum atomic E-state index is 13.8. The molecule has 1 fully saturated rings. The highest BCUT2D eigenvalue weighted by Gasteiger charge is 2.32. The normalized spacial score (nSPS) is 16.6. The maximum Gasteiger partial charge on any atom is 0.257 e. The Labute approximate surface area is 250 Å². The van der Waals surface area contributed by atoms with Gasteiger partial charge >= 0.3 is 0 Å². The fourth-order valence-electron chi connectivity index (χ4n) is 5.62. The van der Waals surface area contributed by atoms with E-state index in [1.807, 2.05) is 32.6 Å². The first-order valence-corrected chi connectivity index (χ1v) is 17.2. The smallest absolute Gasteiger partial charge is 0.257 e. The van der Waals surface area contributed by atoms with Crippen LogP contribution in [-0.4, -0.2) is 73.1 Å². The van der Waals surface area contributed by atoms with E-state index >= 15 is 0 Å². The minimum Gasteiger partial charge on any atom is -0.339 e. The van der Waals surface area contributed by atoms with Crippen LogP contribution in [0.2, 0.25) is 0 Å². The molecule has 2 aliphatic heterocycles. The van der Waals surface area contributed by atoms with Gasteiger partial charge in [0.05, 0.1) is 10.5 Å². The van der Waals surface area contributed by atoms with Gasteiger partial charge in [-0.05, 0) is 81.2 Å². The Morgan fingerprint density at radius 3 is 2.10 bits per heavy atom. The van der Waals surface area contributed by atoms with Crippen molar-refractivity contribution in [3.05, 3.63) is 45.8 Å². The van der Waals surface area contributed by atoms with Crippen molar-refractivity contribution in [1.29, 1.82) is 0 Å². The van der Waals surface area contributed by atoms with E-state index in [0.717, 1.165) is 62.3 Å². The first-order valence-electron chi connectivity index (χ1n) is 15.0. The van der Waals surface area contributed by atoms with E-state index in [0.29, 0.717) is 35.3 Å². The molecule has 8 nitrogen and oxygen atoms in total. The number of carbonyl (C=O) groups excluding carboxylic acids is 2. The summed E-state index contributed by atoms with van der Waals surface area (Å²) in [5.74, 6) is 0.0498. The molecule has 0 radical (unpaired) electrons. The number of rotatable bonds is 10. The monoisotopic (exact) mass is 602 g/mol. The molecule has 2 aliphatic rings. The number of nitrogens with one attached hydrogen (secondary N) is 1. The summed E-state index contributed by atoms with van der Waals surface area (Å²) in [7, 11) is -3.69. The number of fused-ring (bicyclic) bond motifs is 1. The van der Waals surface area contributed by atoms with Gasteiger partial charge in [0.2, 0.25) is 10.0 Å². The fraction of sp³-hybridized carbons (Fsp3) is 0.613. The van der Waals surface area contributed by atoms with Crippen molar-refractivity contribution in [1.82, 2.24) is 14.1 Å². The highest BCUT2D eigenvalue weighted by Crippen LogP contribution is 2.39. The molecule has 1 aromatic carbocycles. The zero-order chi connectivity index (χ0) is 29.9. The van der Waals surface area contributed by atoms with Gasteiger partial charge in [-0.2, -0.15) is 4.31 Å². The number of benzene rings is 1. The Balaban J connectivity index is 1.59. The third-order valence-corrected chi connectivity index (χ3v) is 10.8. The van der Waals surface area contributed by atoms with E-state index in [1.165, 1.54) is 27.8 Å². The average Bonchev–Trinajstić information content (AvgIpc) is 3.29. The Bertz CT molecular complexity index is 1320. The zero-order valence-corrected chi connectivity index (χ0v) is 27.0. The van der Waals surface area contributed by atoms with E-state index in [9.17, 15) is 18.0 Å². The number of anilines is 1. The van der Waals surface area contributed by atoms with E-state index in [4.69, 9.17) is 0 Å². The highest BCUT2D eigenvalue weighted by atomic mass is 32.2. The number of piperidine rings is 1. The molecule has 226 valence electrons. The second-order valence-corrected chi connectivity index (χ2v) is 15.5. The first kappa shape index (κ1) is 31.7. The Morgan fingerprint density at radius 1 is 0.927 bits per heavy atom. The molecule has 4 rings (SSSR count). The van der Waals surface area contributed by atoms with Crippen LogP contribution in [0.5, 0.6) is 0 Å². The van der Waals surface area contributed by atoms with Crippen LogP contribution >= 0.6 is 11.3 Å². The lowest BCUT2D eigenvalue weighted by molar-refractivity contribution is 0.0723. The molecule has 2 aromatic rings. The zero-order valence-electron chi connectivity index (χ0n) is 25.4. The summed E-state index contributed by atoms with van der Waals surface area (Å²) in [4.78, 5) is 32.8. The van der Waals surface area contributed by atoms with Gasteiger partial charge in [-0.1, -0.05) is 27.7 Å². The minimum atomic E-state index is -3.69. The lowest BCUT2D eigenvalue weighted by Gasteiger charge is -2.31. The van der Waals surface area contributed by atoms with Gasteiger partial charge in [0, 0.05) is 55.8 Å². The molecule has 1 N–H and O–H groups in total. The third kappa shape index (κ3) is 7.39. The van der Waals surface area contributed by atoms with Crippen LogP contribution in [0.25, 0.3) is 0 Å². The lowest BCUT2D eigenvalue weighted by atomic mass is 10.00. The molecular formula is C31H46N4O4S2. The van der Waals surface area contributed by atoms with Gasteiger partial charge in [0.25, 0.3) is 11.8 Å². The van der Waals surface area contributed by atoms with Crippen LogP contribution in [-0.2, 0) is 23.0 Å². The van der Waals surface area contributed by atoms with Gasteiger partial charge in [-0.25, -0.2) is 8.42 Å². The van der Waals surface area contributed by atoms with Crippen LogP contribution in [0.3, 0.4) is 0 Å². The van der Waals surface area contributed by atoms with Crippen LogP contribution in [0.4, 0.5) is 5.00 Å². The summed E-state index contributed by atoms with van der Waals surface area (Å²) in [5.41, 5.74) is 2.06. The minimum absolute atomic E-state index is 0.00679. The van der Waals surface area contributed by atoms with Gasteiger partial charge < -0.3 is 10.2 Å². The molecule has 1 saturated heterocycles. The number of nitrogens with zero attached hydrogens (tertiary/aromatic N) is 3. The highest BCUT2D eigenvalue weighted by molar-refractivity contribution is 7.89. The number of sulfonamides is 1. The van der Waals surface area contributed by atoms with Crippen molar-refractivity contribution in [2.75, 3.05) is 38.0 Å². The lowest BCUT2D eigenvalue weighted by Crippen LogP contribution is -2.38. The summed E-state index contributed by atoms with van der Waals surface area (Å²) in [6, 6.07) is 6.54. The molecule has 2 amide bonds. The van der Waals surface area contributed by atoms with Crippen molar-refractivity contribution in [3.8, 4) is 0 Å².